The molecular formula is C9H14N2O4. The third-order valence-corrected chi connectivity index (χ3v) is 3.25. The van der Waals surface area contributed by atoms with Crippen molar-refractivity contribution in [1.82, 2.24) is 4.90 Å². The Morgan fingerprint density at radius 1 is 1.67 bits per heavy atom. The van der Waals surface area contributed by atoms with Gasteiger partial charge in [0.25, 0.3) is 0 Å². The summed E-state index contributed by atoms with van der Waals surface area (Å²) >= 11 is 0. The van der Waals surface area contributed by atoms with Crippen LogP contribution in [0.4, 0.5) is 4.79 Å². The number of hydrogen-bond acceptors (Lipinski definition) is 4. The van der Waals surface area contributed by atoms with Crippen molar-refractivity contribution >= 4 is 6.09 Å². The molecule has 1 heterocycles. The number of ether oxygens (including phenoxy) is 1. The van der Waals surface area contributed by atoms with E-state index in [2.05, 4.69) is 0 Å². The van der Waals surface area contributed by atoms with Crippen LogP contribution in [0.3, 0.4) is 0 Å². The molecule has 1 saturated carbocycles. The molecule has 1 aliphatic carbocycles. The fourth-order valence-electron chi connectivity index (χ4n) is 2.53. The van der Waals surface area contributed by atoms with Crippen molar-refractivity contribution in [2.75, 3.05) is 6.61 Å². The number of nitrogens with zero attached hydrogens (tertiary/aromatic N) is 2. The molecule has 2 atom stereocenters. The van der Waals surface area contributed by atoms with Gasteiger partial charge in [0.05, 0.1) is 11.5 Å². The maximum Gasteiger partial charge on any atom is 0.415 e. The van der Waals surface area contributed by atoms with E-state index in [1.165, 1.54) is 4.90 Å². The summed E-state index contributed by atoms with van der Waals surface area (Å²) in [5, 5.41) is 11.0. The zero-order valence-electron chi connectivity index (χ0n) is 8.64. The molecule has 0 bridgehead atoms. The highest BCUT2D eigenvalue weighted by Gasteiger charge is 2.77. The minimum absolute atomic E-state index is 0.236. The van der Waals surface area contributed by atoms with E-state index in [1.54, 1.807) is 6.92 Å². The number of fused-ring (bicyclic) bond motifs is 1. The van der Waals surface area contributed by atoms with Crippen LogP contribution in [-0.4, -0.2) is 34.2 Å². The first-order valence-electron chi connectivity index (χ1n) is 5.25. The van der Waals surface area contributed by atoms with Crippen LogP contribution in [0, 0.1) is 10.1 Å². The van der Waals surface area contributed by atoms with Crippen LogP contribution in [0.1, 0.15) is 32.6 Å². The Hall–Kier alpha value is -1.33. The van der Waals surface area contributed by atoms with Crippen molar-refractivity contribution in [1.29, 1.82) is 0 Å². The van der Waals surface area contributed by atoms with E-state index in [-0.39, 0.29) is 17.6 Å². The fraction of sp³-hybridized carbons (Fsp3) is 0.889. The van der Waals surface area contributed by atoms with Crippen LogP contribution in [0.25, 0.3) is 0 Å². The minimum atomic E-state index is -1.13. The van der Waals surface area contributed by atoms with Crippen molar-refractivity contribution < 1.29 is 14.5 Å². The largest absolute Gasteiger partial charge is 0.450 e. The Bertz CT molecular complexity index is 306. The van der Waals surface area contributed by atoms with Crippen molar-refractivity contribution in [3.63, 3.8) is 0 Å². The Labute approximate surface area is 87.3 Å². The monoisotopic (exact) mass is 214 g/mol. The van der Waals surface area contributed by atoms with Gasteiger partial charge in [0.1, 0.15) is 6.04 Å². The summed E-state index contributed by atoms with van der Waals surface area (Å²) in [6.07, 6.45) is 2.41. The fourth-order valence-corrected chi connectivity index (χ4v) is 2.53. The lowest BCUT2D eigenvalue weighted by Crippen LogP contribution is -2.33. The molecule has 6 nitrogen and oxygen atoms in total. The summed E-state index contributed by atoms with van der Waals surface area (Å²) in [6, 6.07) is -0.236. The molecule has 1 aliphatic heterocycles. The van der Waals surface area contributed by atoms with Crippen LogP contribution in [-0.2, 0) is 4.74 Å². The molecule has 0 radical (unpaired) electrons. The molecule has 1 amide bonds. The predicted molar refractivity (Wildman–Crippen MR) is 50.8 cm³/mol. The number of likely N-dealkylation sites (tertiary alicyclic amines) is 1. The number of amides is 1. The Morgan fingerprint density at radius 3 is 2.93 bits per heavy atom. The molecular weight excluding hydrogens is 200 g/mol. The maximum absolute atomic E-state index is 11.5. The molecule has 0 aromatic rings. The molecule has 0 aromatic heterocycles. The molecule has 84 valence electrons. The van der Waals surface area contributed by atoms with E-state index >= 15 is 0 Å². The van der Waals surface area contributed by atoms with Gasteiger partial charge in [0, 0.05) is 6.42 Å². The Kier molecular flexibility index (Phi) is 2.28. The van der Waals surface area contributed by atoms with Crippen molar-refractivity contribution in [3.8, 4) is 0 Å². The van der Waals surface area contributed by atoms with Crippen molar-refractivity contribution in [3.05, 3.63) is 10.1 Å². The first-order chi connectivity index (χ1) is 7.14. The van der Waals surface area contributed by atoms with E-state index in [0.29, 0.717) is 6.42 Å². The molecule has 1 saturated heterocycles. The van der Waals surface area contributed by atoms with E-state index in [9.17, 15) is 14.9 Å². The SMILES string of the molecule is CCOC(=O)N1[C@H]2CCCC[C@]21[N+](=O)[O-]. The van der Waals surface area contributed by atoms with Gasteiger partial charge >= 0.3 is 11.8 Å². The van der Waals surface area contributed by atoms with Gasteiger partial charge in [-0.15, -0.1) is 0 Å². The smallest absolute Gasteiger partial charge is 0.415 e. The molecule has 0 aromatic carbocycles. The highest BCUT2D eigenvalue weighted by Crippen LogP contribution is 2.51. The second kappa shape index (κ2) is 3.36. The van der Waals surface area contributed by atoms with Crippen LogP contribution in [0.2, 0.25) is 0 Å². The van der Waals surface area contributed by atoms with Gasteiger partial charge in [0.2, 0.25) is 0 Å². The van der Waals surface area contributed by atoms with Gasteiger partial charge in [0.15, 0.2) is 0 Å². The lowest BCUT2D eigenvalue weighted by molar-refractivity contribution is -0.552. The quantitative estimate of drug-likeness (QED) is 0.395. The minimum Gasteiger partial charge on any atom is -0.450 e. The second-order valence-corrected chi connectivity index (χ2v) is 3.97. The van der Waals surface area contributed by atoms with Gasteiger partial charge in [-0.3, -0.25) is 10.1 Å². The summed E-state index contributed by atoms with van der Waals surface area (Å²) in [5.41, 5.74) is -1.13. The predicted octanol–water partition coefficient (Wildman–Crippen LogP) is 1.37. The summed E-state index contributed by atoms with van der Waals surface area (Å²) < 4.78 is 4.82. The topological polar surface area (TPSA) is 72.5 Å². The molecule has 0 N–H and O–H groups in total. The lowest BCUT2D eigenvalue weighted by atomic mass is 9.96. The number of carbonyl (C=O) groups excluding carboxylic acids is 1. The summed E-state index contributed by atoms with van der Waals surface area (Å²) in [6.45, 7) is 1.96. The van der Waals surface area contributed by atoms with Gasteiger partial charge in [-0.2, -0.15) is 0 Å². The van der Waals surface area contributed by atoms with Crippen LogP contribution in [0.15, 0.2) is 0 Å². The molecule has 2 aliphatic rings. The number of hydrogen-bond donors (Lipinski definition) is 0. The van der Waals surface area contributed by atoms with Gasteiger partial charge in [-0.05, 0) is 19.8 Å². The summed E-state index contributed by atoms with van der Waals surface area (Å²) in [5.74, 6) is 0. The standard InChI is InChI=1S/C9H14N2O4/c1-2-15-8(12)10-7-5-3-4-6-9(7,10)11(13)14/h7H,2-6H2,1H3/t7-,9-,10?/m0/s1. The van der Waals surface area contributed by atoms with Crippen LogP contribution < -0.4 is 0 Å². The van der Waals surface area contributed by atoms with Crippen LogP contribution >= 0.6 is 0 Å². The maximum atomic E-state index is 11.5. The molecule has 2 rings (SSSR count). The third kappa shape index (κ3) is 1.27. The number of carbonyl (C=O) groups is 1. The zero-order valence-corrected chi connectivity index (χ0v) is 8.64. The van der Waals surface area contributed by atoms with E-state index in [1.807, 2.05) is 0 Å². The molecule has 6 heteroatoms. The van der Waals surface area contributed by atoms with Gasteiger partial charge < -0.3 is 4.74 Å². The van der Waals surface area contributed by atoms with Gasteiger partial charge in [-0.1, -0.05) is 6.42 Å². The first-order valence-corrected chi connectivity index (χ1v) is 5.25. The molecule has 0 spiro atoms. The molecule has 15 heavy (non-hydrogen) atoms. The number of rotatable bonds is 2. The average molecular weight is 214 g/mol. The average Bonchev–Trinajstić information content (AvgIpc) is 2.88. The van der Waals surface area contributed by atoms with Gasteiger partial charge in [-0.25, -0.2) is 9.69 Å². The highest BCUT2D eigenvalue weighted by atomic mass is 16.6. The Morgan fingerprint density at radius 2 is 2.40 bits per heavy atom. The van der Waals surface area contributed by atoms with E-state index < -0.39 is 11.8 Å². The second-order valence-electron chi connectivity index (χ2n) is 3.97. The molecule has 0 unspecified atom stereocenters. The molecule has 2 fully saturated rings. The van der Waals surface area contributed by atoms with Crippen molar-refractivity contribution in [2.24, 2.45) is 0 Å². The highest BCUT2D eigenvalue weighted by molar-refractivity contribution is 5.73. The lowest BCUT2D eigenvalue weighted by Gasteiger charge is -2.11. The summed E-state index contributed by atoms with van der Waals surface area (Å²) in [7, 11) is 0. The first kappa shape index (κ1) is 10.2. The zero-order chi connectivity index (χ0) is 11.1. The van der Waals surface area contributed by atoms with Crippen LogP contribution in [0.5, 0.6) is 0 Å². The van der Waals surface area contributed by atoms with E-state index in [4.69, 9.17) is 4.74 Å². The van der Waals surface area contributed by atoms with Crippen molar-refractivity contribution in [2.45, 2.75) is 44.3 Å². The normalized spacial score (nSPS) is 33.1. The number of nitro groups is 1. The Balaban J connectivity index is 2.14. The summed E-state index contributed by atoms with van der Waals surface area (Å²) in [4.78, 5) is 23.4. The van der Waals surface area contributed by atoms with E-state index in [0.717, 1.165) is 19.3 Å². The third-order valence-electron chi connectivity index (χ3n) is 3.25.